The fourth-order valence-corrected chi connectivity index (χ4v) is 2.40. The average Bonchev–Trinajstić information content (AvgIpc) is 2.59. The third-order valence-corrected chi connectivity index (χ3v) is 3.71. The molecule has 0 aliphatic heterocycles. The molecule has 2 rings (SSSR count). The molecular formula is C18H24N4O3. The summed E-state index contributed by atoms with van der Waals surface area (Å²) in [6.45, 7) is 2.67. The first kappa shape index (κ1) is 18.9. The second-order valence-corrected chi connectivity index (χ2v) is 5.59. The van der Waals surface area contributed by atoms with Crippen molar-refractivity contribution in [2.45, 2.75) is 0 Å². The lowest BCUT2D eigenvalue weighted by atomic mass is 10.1. The minimum Gasteiger partial charge on any atom is -0.397 e. The van der Waals surface area contributed by atoms with Crippen molar-refractivity contribution >= 4 is 22.9 Å². The maximum Gasteiger partial charge on any atom is 0.180 e. The molecule has 0 unspecified atom stereocenters. The Morgan fingerprint density at radius 1 is 1.04 bits per heavy atom. The van der Waals surface area contributed by atoms with Gasteiger partial charge in [0.15, 0.2) is 5.78 Å². The monoisotopic (exact) mass is 344 g/mol. The van der Waals surface area contributed by atoms with Gasteiger partial charge >= 0.3 is 0 Å². The summed E-state index contributed by atoms with van der Waals surface area (Å²) >= 11 is 0. The minimum atomic E-state index is -0.132. The van der Waals surface area contributed by atoms with Gasteiger partial charge in [-0.3, -0.25) is 9.69 Å². The Hall–Kier alpha value is -2.48. The topological polar surface area (TPSA) is 111 Å². The lowest BCUT2D eigenvalue weighted by molar-refractivity contribution is -0.110. The van der Waals surface area contributed by atoms with Crippen LogP contribution in [0.5, 0.6) is 0 Å². The third kappa shape index (κ3) is 6.15. The van der Waals surface area contributed by atoms with E-state index in [1.54, 1.807) is 6.08 Å². The van der Waals surface area contributed by atoms with Crippen molar-refractivity contribution in [1.29, 1.82) is 0 Å². The number of aliphatic hydroxyl groups excluding tert-OH is 2. The van der Waals surface area contributed by atoms with Crippen molar-refractivity contribution in [2.24, 2.45) is 10.7 Å². The highest BCUT2D eigenvalue weighted by molar-refractivity contribution is 6.19. The molecule has 0 radical (unpaired) electrons. The Bertz CT molecular complexity index is 659. The number of nitrogens with two attached hydrogens (primary N) is 1. The average molecular weight is 344 g/mol. The van der Waals surface area contributed by atoms with Crippen molar-refractivity contribution < 1.29 is 15.0 Å². The van der Waals surface area contributed by atoms with Gasteiger partial charge in [-0.15, -0.1) is 0 Å². The summed E-state index contributed by atoms with van der Waals surface area (Å²) in [5.41, 5.74) is 8.43. The minimum absolute atomic E-state index is 0.0760. The van der Waals surface area contributed by atoms with Crippen LogP contribution >= 0.6 is 0 Å². The first-order chi connectivity index (χ1) is 12.1. The van der Waals surface area contributed by atoms with Crippen LogP contribution in [0.15, 0.2) is 53.2 Å². The van der Waals surface area contributed by atoms with Gasteiger partial charge in [-0.05, 0) is 36.4 Å². The summed E-state index contributed by atoms with van der Waals surface area (Å²) < 4.78 is 0. The molecule has 5 N–H and O–H groups in total. The Kier molecular flexibility index (Phi) is 7.34. The zero-order chi connectivity index (χ0) is 18.1. The number of allylic oxidation sites excluding steroid dienone is 3. The first-order valence-corrected chi connectivity index (χ1v) is 8.18. The molecule has 1 aromatic carbocycles. The van der Waals surface area contributed by atoms with Crippen LogP contribution in [-0.2, 0) is 4.79 Å². The first-order valence-electron chi connectivity index (χ1n) is 8.18. The molecule has 25 heavy (non-hydrogen) atoms. The molecule has 1 aliphatic carbocycles. The fraction of sp³-hybridized carbons (Fsp3) is 0.333. The van der Waals surface area contributed by atoms with Crippen LogP contribution in [0.1, 0.15) is 0 Å². The van der Waals surface area contributed by atoms with Crippen LogP contribution in [0.25, 0.3) is 0 Å². The summed E-state index contributed by atoms with van der Waals surface area (Å²) in [5, 5.41) is 21.3. The zero-order valence-electron chi connectivity index (χ0n) is 14.1. The second kappa shape index (κ2) is 9.73. The van der Waals surface area contributed by atoms with Gasteiger partial charge in [0.2, 0.25) is 0 Å². The van der Waals surface area contributed by atoms with E-state index < -0.39 is 0 Å². The van der Waals surface area contributed by atoms with Crippen LogP contribution in [0.2, 0.25) is 0 Å². The third-order valence-electron chi connectivity index (χ3n) is 3.71. The molecule has 0 saturated heterocycles. The van der Waals surface area contributed by atoms with E-state index in [-0.39, 0.29) is 19.0 Å². The number of aliphatic imine (C=N–C) groups is 1. The summed E-state index contributed by atoms with van der Waals surface area (Å²) in [7, 11) is 0. The number of aliphatic hydroxyl groups is 2. The second-order valence-electron chi connectivity index (χ2n) is 5.59. The SMILES string of the molecule is NC1=CC(=O)C=C/C1=N\c1ccc(NCCN(CCO)CCO)cc1. The zero-order valence-corrected chi connectivity index (χ0v) is 14.1. The van der Waals surface area contributed by atoms with Gasteiger partial charge in [-0.25, -0.2) is 4.99 Å². The highest BCUT2D eigenvalue weighted by Gasteiger charge is 2.08. The molecule has 0 aromatic heterocycles. The van der Waals surface area contributed by atoms with E-state index in [1.165, 1.54) is 12.2 Å². The molecule has 0 fully saturated rings. The molecule has 0 spiro atoms. The summed E-state index contributed by atoms with van der Waals surface area (Å²) in [6.07, 6.45) is 4.41. The van der Waals surface area contributed by atoms with Crippen molar-refractivity contribution in [2.75, 3.05) is 44.7 Å². The van der Waals surface area contributed by atoms with Gasteiger partial charge in [0.25, 0.3) is 0 Å². The molecule has 7 nitrogen and oxygen atoms in total. The van der Waals surface area contributed by atoms with E-state index in [2.05, 4.69) is 10.3 Å². The summed E-state index contributed by atoms with van der Waals surface area (Å²) in [5.74, 6) is -0.132. The number of carbonyl (C=O) groups is 1. The van der Waals surface area contributed by atoms with Gasteiger partial charge in [0.1, 0.15) is 0 Å². The Morgan fingerprint density at radius 2 is 1.72 bits per heavy atom. The molecule has 134 valence electrons. The number of hydrogen-bond acceptors (Lipinski definition) is 7. The number of hydrogen-bond donors (Lipinski definition) is 4. The van der Waals surface area contributed by atoms with Crippen molar-refractivity contribution in [3.05, 3.63) is 48.2 Å². The van der Waals surface area contributed by atoms with Gasteiger partial charge in [-0.2, -0.15) is 0 Å². The largest absolute Gasteiger partial charge is 0.397 e. The number of nitrogens with zero attached hydrogens (tertiary/aromatic N) is 2. The smallest absolute Gasteiger partial charge is 0.180 e. The number of rotatable bonds is 9. The van der Waals surface area contributed by atoms with Gasteiger partial charge < -0.3 is 21.3 Å². The number of carbonyl (C=O) groups excluding carboxylic acids is 1. The number of nitrogens with one attached hydrogen (secondary N) is 1. The maximum absolute atomic E-state index is 11.2. The molecule has 7 heteroatoms. The highest BCUT2D eigenvalue weighted by Crippen LogP contribution is 2.18. The molecule has 0 heterocycles. The Balaban J connectivity index is 1.89. The van der Waals surface area contributed by atoms with E-state index in [4.69, 9.17) is 15.9 Å². The number of anilines is 1. The summed E-state index contributed by atoms with van der Waals surface area (Å²) in [4.78, 5) is 17.6. The molecule has 1 aliphatic rings. The van der Waals surface area contributed by atoms with Gasteiger partial charge in [0.05, 0.1) is 30.3 Å². The summed E-state index contributed by atoms with van der Waals surface area (Å²) in [6, 6.07) is 7.57. The standard InChI is InChI=1S/C18H24N4O3/c19-17-13-16(25)5-6-18(17)21-15-3-1-14(2-4-15)20-7-8-22(9-11-23)10-12-24/h1-6,13,20,23-24H,7-12,19H2/b21-18+. The number of benzene rings is 1. The van der Waals surface area contributed by atoms with Crippen LogP contribution in [0.3, 0.4) is 0 Å². The normalized spacial score (nSPS) is 15.7. The molecule has 0 amide bonds. The van der Waals surface area contributed by atoms with Crippen LogP contribution in [0.4, 0.5) is 11.4 Å². The fourth-order valence-electron chi connectivity index (χ4n) is 2.40. The molecule has 1 aromatic rings. The van der Waals surface area contributed by atoms with Crippen LogP contribution < -0.4 is 11.1 Å². The van der Waals surface area contributed by atoms with E-state index in [1.807, 2.05) is 29.2 Å². The Labute approximate surface area is 147 Å². The maximum atomic E-state index is 11.2. The quantitative estimate of drug-likeness (QED) is 0.484. The van der Waals surface area contributed by atoms with E-state index in [0.717, 1.165) is 17.9 Å². The van der Waals surface area contributed by atoms with Crippen molar-refractivity contribution in [3.8, 4) is 0 Å². The van der Waals surface area contributed by atoms with Crippen LogP contribution in [0, 0.1) is 0 Å². The van der Waals surface area contributed by atoms with Gasteiger partial charge in [-0.1, -0.05) is 0 Å². The van der Waals surface area contributed by atoms with E-state index in [0.29, 0.717) is 31.0 Å². The van der Waals surface area contributed by atoms with E-state index >= 15 is 0 Å². The molecule has 0 bridgehead atoms. The molecular weight excluding hydrogens is 320 g/mol. The lowest BCUT2D eigenvalue weighted by Crippen LogP contribution is -2.34. The van der Waals surface area contributed by atoms with Crippen LogP contribution in [-0.4, -0.2) is 66.0 Å². The lowest BCUT2D eigenvalue weighted by Gasteiger charge is -2.20. The van der Waals surface area contributed by atoms with Crippen molar-refractivity contribution in [3.63, 3.8) is 0 Å². The van der Waals surface area contributed by atoms with Gasteiger partial charge in [0, 0.05) is 37.9 Å². The highest BCUT2D eigenvalue weighted by atomic mass is 16.3. The number of ketones is 1. The predicted octanol–water partition coefficient (Wildman–Crippen LogP) is 0.439. The van der Waals surface area contributed by atoms with Crippen molar-refractivity contribution in [1.82, 2.24) is 4.90 Å². The van der Waals surface area contributed by atoms with E-state index in [9.17, 15) is 4.79 Å². The molecule has 0 saturated carbocycles. The Morgan fingerprint density at radius 3 is 2.32 bits per heavy atom. The molecule has 0 atom stereocenters. The predicted molar refractivity (Wildman–Crippen MR) is 99.1 cm³/mol.